The smallest absolute Gasteiger partial charge is 0.227 e. The zero-order valence-corrected chi connectivity index (χ0v) is 17.3. The molecule has 0 bridgehead atoms. The van der Waals surface area contributed by atoms with Crippen LogP contribution < -0.4 is 0 Å². The summed E-state index contributed by atoms with van der Waals surface area (Å²) in [5.74, 6) is -0.230. The molecule has 1 aromatic carbocycles. The van der Waals surface area contributed by atoms with Crippen molar-refractivity contribution in [3.63, 3.8) is 0 Å². The maximum atomic E-state index is 13.7. The van der Waals surface area contributed by atoms with E-state index >= 15 is 0 Å². The van der Waals surface area contributed by atoms with Crippen LogP contribution in [0, 0.1) is 5.82 Å². The van der Waals surface area contributed by atoms with Gasteiger partial charge in [-0.3, -0.25) is 4.90 Å². The van der Waals surface area contributed by atoms with E-state index in [-0.39, 0.29) is 17.0 Å². The van der Waals surface area contributed by atoms with Crippen LogP contribution in [-0.4, -0.2) is 49.4 Å². The van der Waals surface area contributed by atoms with E-state index in [1.54, 1.807) is 30.0 Å². The van der Waals surface area contributed by atoms with Gasteiger partial charge in [-0.1, -0.05) is 18.6 Å². The lowest BCUT2D eigenvalue weighted by Crippen LogP contribution is -2.33. The molecule has 0 spiro atoms. The minimum Gasteiger partial charge on any atom is -0.385 e. The van der Waals surface area contributed by atoms with E-state index < -0.39 is 9.84 Å². The molecule has 1 atom stereocenters. The molecule has 1 saturated heterocycles. The number of methoxy groups -OCH3 is 1. The van der Waals surface area contributed by atoms with Gasteiger partial charge in [0, 0.05) is 39.1 Å². The van der Waals surface area contributed by atoms with E-state index in [9.17, 15) is 12.8 Å². The number of aromatic nitrogens is 2. The molecule has 2 heterocycles. The summed E-state index contributed by atoms with van der Waals surface area (Å²) in [7, 11) is -1.79. The fourth-order valence-corrected chi connectivity index (χ4v) is 4.75. The number of piperidine rings is 1. The lowest BCUT2D eigenvalue weighted by Gasteiger charge is -2.36. The average Bonchev–Trinajstić information content (AvgIpc) is 3.05. The first-order chi connectivity index (χ1) is 13.4. The monoisotopic (exact) mass is 409 g/mol. The predicted octanol–water partition coefficient (Wildman–Crippen LogP) is 3.19. The predicted molar refractivity (Wildman–Crippen MR) is 105 cm³/mol. The summed E-state index contributed by atoms with van der Waals surface area (Å²) in [6.07, 6.45) is 6.67. The Kier molecular flexibility index (Phi) is 6.85. The second kappa shape index (κ2) is 9.15. The van der Waals surface area contributed by atoms with Gasteiger partial charge in [-0.25, -0.2) is 17.8 Å². The van der Waals surface area contributed by atoms with Crippen molar-refractivity contribution in [2.45, 2.75) is 50.0 Å². The second-order valence-corrected chi connectivity index (χ2v) is 9.25. The highest BCUT2D eigenvalue weighted by molar-refractivity contribution is 7.90. The van der Waals surface area contributed by atoms with E-state index in [0.717, 1.165) is 37.1 Å². The fraction of sp³-hybridized carbons (Fsp3) is 0.550. The third-order valence-electron chi connectivity index (χ3n) is 5.18. The maximum Gasteiger partial charge on any atom is 0.227 e. The van der Waals surface area contributed by atoms with Crippen LogP contribution in [-0.2, 0) is 27.7 Å². The zero-order valence-electron chi connectivity index (χ0n) is 16.5. The molecule has 2 aromatic rings. The van der Waals surface area contributed by atoms with Gasteiger partial charge < -0.3 is 9.30 Å². The van der Waals surface area contributed by atoms with E-state index in [1.807, 2.05) is 6.07 Å². The molecule has 1 fully saturated rings. The normalized spacial score (nSPS) is 18.5. The molecule has 154 valence electrons. The van der Waals surface area contributed by atoms with Crippen LogP contribution in [0.25, 0.3) is 0 Å². The molecule has 0 saturated carbocycles. The number of halogens is 1. The number of ether oxygens (including phenoxy) is 1. The van der Waals surface area contributed by atoms with Gasteiger partial charge in [0.2, 0.25) is 15.0 Å². The van der Waals surface area contributed by atoms with Crippen molar-refractivity contribution in [2.24, 2.45) is 0 Å². The lowest BCUT2D eigenvalue weighted by molar-refractivity contribution is 0.135. The molecule has 3 rings (SSSR count). The first-order valence-electron chi connectivity index (χ1n) is 9.63. The molecule has 28 heavy (non-hydrogen) atoms. The third-order valence-corrected chi connectivity index (χ3v) is 6.16. The molecule has 0 N–H and O–H groups in total. The number of imidazole rings is 1. The molecule has 1 aliphatic rings. The summed E-state index contributed by atoms with van der Waals surface area (Å²) in [5.41, 5.74) is 1.83. The van der Waals surface area contributed by atoms with Crippen LogP contribution in [0.4, 0.5) is 4.39 Å². The van der Waals surface area contributed by atoms with Gasteiger partial charge in [-0.05, 0) is 43.5 Å². The highest BCUT2D eigenvalue weighted by atomic mass is 32.2. The molecule has 0 unspecified atom stereocenters. The summed E-state index contributed by atoms with van der Waals surface area (Å²) in [5, 5.41) is 0.0953. The van der Waals surface area contributed by atoms with Crippen molar-refractivity contribution in [1.82, 2.24) is 14.5 Å². The van der Waals surface area contributed by atoms with Gasteiger partial charge in [0.1, 0.15) is 5.82 Å². The molecular formula is C20H28FN3O3S. The van der Waals surface area contributed by atoms with E-state index in [4.69, 9.17) is 4.74 Å². The Morgan fingerprint density at radius 2 is 2.14 bits per heavy atom. The second-order valence-electron chi connectivity index (χ2n) is 7.34. The van der Waals surface area contributed by atoms with Crippen LogP contribution in [0.2, 0.25) is 0 Å². The van der Waals surface area contributed by atoms with Crippen molar-refractivity contribution in [1.29, 1.82) is 0 Å². The first-order valence-corrected chi connectivity index (χ1v) is 11.5. The Morgan fingerprint density at radius 1 is 1.32 bits per heavy atom. The number of benzene rings is 1. The van der Waals surface area contributed by atoms with Gasteiger partial charge >= 0.3 is 0 Å². The van der Waals surface area contributed by atoms with Gasteiger partial charge in [0.15, 0.2) is 0 Å². The SMILES string of the molecule is COCCCn1c(CN2CCCC[C@H]2c2cccc(F)c2)cnc1S(C)(=O)=O. The summed E-state index contributed by atoms with van der Waals surface area (Å²) < 4.78 is 44.9. The number of rotatable bonds is 8. The van der Waals surface area contributed by atoms with Crippen molar-refractivity contribution in [3.8, 4) is 0 Å². The topological polar surface area (TPSA) is 64.4 Å². The minimum absolute atomic E-state index is 0.0953. The van der Waals surface area contributed by atoms with Gasteiger partial charge in [-0.15, -0.1) is 0 Å². The first kappa shape index (κ1) is 21.0. The van der Waals surface area contributed by atoms with E-state index in [2.05, 4.69) is 9.88 Å². The standard InChI is InChI=1S/C20H28FN3O3S/c1-27-12-6-11-24-18(14-22-20(24)28(2,25)26)15-23-10-4-3-9-19(23)16-7-5-8-17(21)13-16/h5,7-8,13-14,19H,3-4,6,9-12,15H2,1-2H3/t19-/m0/s1. The molecule has 0 amide bonds. The van der Waals surface area contributed by atoms with Crippen LogP contribution in [0.3, 0.4) is 0 Å². The number of likely N-dealkylation sites (tertiary alicyclic amines) is 1. The summed E-state index contributed by atoms with van der Waals surface area (Å²) in [4.78, 5) is 6.49. The Labute approximate surface area is 166 Å². The Morgan fingerprint density at radius 3 is 2.86 bits per heavy atom. The van der Waals surface area contributed by atoms with Crippen molar-refractivity contribution < 1.29 is 17.5 Å². The lowest BCUT2D eigenvalue weighted by atomic mass is 9.95. The molecule has 8 heteroatoms. The molecule has 6 nitrogen and oxygen atoms in total. The fourth-order valence-electron chi connectivity index (χ4n) is 3.90. The zero-order chi connectivity index (χ0) is 20.1. The Bertz CT molecular complexity index is 898. The quantitative estimate of drug-likeness (QED) is 0.627. The summed E-state index contributed by atoms with van der Waals surface area (Å²) in [6, 6.07) is 6.88. The number of hydrogen-bond donors (Lipinski definition) is 0. The van der Waals surface area contributed by atoms with E-state index in [0.29, 0.717) is 26.1 Å². The molecular weight excluding hydrogens is 381 g/mol. The van der Waals surface area contributed by atoms with Crippen LogP contribution in [0.1, 0.15) is 43.0 Å². The van der Waals surface area contributed by atoms with Gasteiger partial charge in [0.25, 0.3) is 0 Å². The third kappa shape index (κ3) is 4.98. The highest BCUT2D eigenvalue weighted by Crippen LogP contribution is 2.32. The van der Waals surface area contributed by atoms with Gasteiger partial charge in [-0.2, -0.15) is 0 Å². The van der Waals surface area contributed by atoms with Crippen molar-refractivity contribution >= 4 is 9.84 Å². The summed E-state index contributed by atoms with van der Waals surface area (Å²) in [6.45, 7) is 2.55. The maximum absolute atomic E-state index is 13.7. The molecule has 0 radical (unpaired) electrons. The highest BCUT2D eigenvalue weighted by Gasteiger charge is 2.27. The van der Waals surface area contributed by atoms with Crippen molar-refractivity contribution in [3.05, 3.63) is 47.5 Å². The minimum atomic E-state index is -3.42. The van der Waals surface area contributed by atoms with Crippen LogP contribution in [0.15, 0.2) is 35.6 Å². The van der Waals surface area contributed by atoms with Crippen LogP contribution >= 0.6 is 0 Å². The number of sulfone groups is 1. The molecule has 1 aliphatic heterocycles. The number of hydrogen-bond acceptors (Lipinski definition) is 5. The number of nitrogens with zero attached hydrogens (tertiary/aromatic N) is 3. The molecule has 1 aromatic heterocycles. The van der Waals surface area contributed by atoms with Crippen LogP contribution in [0.5, 0.6) is 0 Å². The van der Waals surface area contributed by atoms with E-state index in [1.165, 1.54) is 12.3 Å². The Hall–Kier alpha value is -1.77. The summed E-state index contributed by atoms with van der Waals surface area (Å²) >= 11 is 0. The van der Waals surface area contributed by atoms with Crippen molar-refractivity contribution in [2.75, 3.05) is 26.5 Å². The Balaban J connectivity index is 1.87. The van der Waals surface area contributed by atoms with Gasteiger partial charge in [0.05, 0.1) is 11.9 Å². The molecule has 0 aliphatic carbocycles. The largest absolute Gasteiger partial charge is 0.385 e. The average molecular weight is 410 g/mol.